The van der Waals surface area contributed by atoms with Crippen molar-refractivity contribution in [2.45, 2.75) is 56.1 Å². The molecule has 1 heterocycles. The molecule has 0 spiro atoms. The summed E-state index contributed by atoms with van der Waals surface area (Å²) < 4.78 is 36.8. The van der Waals surface area contributed by atoms with Gasteiger partial charge in [-0.3, -0.25) is 4.79 Å². The molecule has 0 N–H and O–H groups in total. The van der Waals surface area contributed by atoms with Crippen molar-refractivity contribution in [3.05, 3.63) is 101 Å². The van der Waals surface area contributed by atoms with E-state index in [1.165, 1.54) is 11.4 Å². The number of carbonyl (C=O) groups excluding carboxylic acids is 1. The molecule has 0 saturated heterocycles. The minimum absolute atomic E-state index is 0.0550. The van der Waals surface area contributed by atoms with E-state index in [1.54, 1.807) is 18.2 Å². The van der Waals surface area contributed by atoms with Gasteiger partial charge in [-0.15, -0.1) is 0 Å². The first kappa shape index (κ1) is 30.3. The third kappa shape index (κ3) is 6.89. The molecule has 1 fully saturated rings. The van der Waals surface area contributed by atoms with Gasteiger partial charge in [0.15, 0.2) is 0 Å². The molecule has 42 heavy (non-hydrogen) atoms. The Bertz CT molecular complexity index is 1610. The zero-order valence-electron chi connectivity index (χ0n) is 24.0. The lowest BCUT2D eigenvalue weighted by atomic mass is 9.94. The average Bonchev–Trinajstić information content (AvgIpc) is 3.45. The molecular weight excluding hydrogens is 570 g/mol. The van der Waals surface area contributed by atoms with Gasteiger partial charge in [-0.05, 0) is 48.1 Å². The number of carbonyl (C=O) groups is 1. The topological polar surface area (TPSA) is 71.8 Å². The van der Waals surface area contributed by atoms with Crippen molar-refractivity contribution in [2.75, 3.05) is 26.8 Å². The van der Waals surface area contributed by atoms with Gasteiger partial charge in [0.25, 0.3) is 0 Å². The van der Waals surface area contributed by atoms with E-state index < -0.39 is 10.0 Å². The van der Waals surface area contributed by atoms with Crippen molar-refractivity contribution in [1.82, 2.24) is 13.8 Å². The summed E-state index contributed by atoms with van der Waals surface area (Å²) in [6.45, 7) is 0.991. The van der Waals surface area contributed by atoms with Crippen LogP contribution in [0.15, 0.2) is 90.0 Å². The Morgan fingerprint density at radius 2 is 1.69 bits per heavy atom. The number of benzene rings is 3. The minimum Gasteiger partial charge on any atom is -0.383 e. The van der Waals surface area contributed by atoms with Gasteiger partial charge in [-0.2, -0.15) is 4.31 Å². The molecule has 1 aliphatic rings. The molecule has 5 rings (SSSR count). The van der Waals surface area contributed by atoms with Crippen LogP contribution in [-0.2, 0) is 32.6 Å². The highest BCUT2D eigenvalue weighted by molar-refractivity contribution is 7.89. The van der Waals surface area contributed by atoms with Crippen LogP contribution in [0.4, 0.5) is 0 Å². The van der Waals surface area contributed by atoms with Crippen LogP contribution in [0.3, 0.4) is 0 Å². The second-order valence-electron chi connectivity index (χ2n) is 10.8. The number of hydrogen-bond donors (Lipinski definition) is 0. The summed E-state index contributed by atoms with van der Waals surface area (Å²) in [6, 6.07) is 24.5. The van der Waals surface area contributed by atoms with Crippen molar-refractivity contribution in [2.24, 2.45) is 0 Å². The molecule has 1 amide bonds. The Labute approximate surface area is 253 Å². The van der Waals surface area contributed by atoms with Gasteiger partial charge in [-0.1, -0.05) is 85.5 Å². The Morgan fingerprint density at radius 3 is 2.48 bits per heavy atom. The summed E-state index contributed by atoms with van der Waals surface area (Å²) in [5.74, 6) is -0.202. The summed E-state index contributed by atoms with van der Waals surface area (Å²) >= 11 is 6.45. The lowest BCUT2D eigenvalue weighted by Crippen LogP contribution is -2.48. The molecule has 0 bridgehead atoms. The maximum atomic E-state index is 14.2. The molecule has 9 heteroatoms. The van der Waals surface area contributed by atoms with Crippen LogP contribution in [0.2, 0.25) is 5.02 Å². The van der Waals surface area contributed by atoms with Gasteiger partial charge in [0, 0.05) is 48.5 Å². The monoisotopic (exact) mass is 607 g/mol. The van der Waals surface area contributed by atoms with Crippen molar-refractivity contribution < 1.29 is 17.9 Å². The quantitative estimate of drug-likeness (QED) is 0.188. The van der Waals surface area contributed by atoms with Crippen LogP contribution >= 0.6 is 11.6 Å². The molecule has 1 saturated carbocycles. The number of amides is 1. The zero-order valence-corrected chi connectivity index (χ0v) is 25.6. The van der Waals surface area contributed by atoms with Crippen molar-refractivity contribution in [3.8, 4) is 0 Å². The number of halogens is 1. The molecule has 1 aromatic heterocycles. The summed E-state index contributed by atoms with van der Waals surface area (Å²) in [7, 11) is -2.46. The van der Waals surface area contributed by atoms with E-state index in [-0.39, 0.29) is 36.5 Å². The Kier molecular flexibility index (Phi) is 10.0. The van der Waals surface area contributed by atoms with Gasteiger partial charge in [0.1, 0.15) is 0 Å². The van der Waals surface area contributed by atoms with E-state index in [2.05, 4.69) is 4.57 Å². The molecule has 7 nitrogen and oxygen atoms in total. The molecule has 3 aromatic carbocycles. The Balaban J connectivity index is 1.43. The number of ether oxygens (including phenoxy) is 1. The first-order valence-electron chi connectivity index (χ1n) is 14.5. The van der Waals surface area contributed by atoms with Gasteiger partial charge in [0.05, 0.1) is 24.6 Å². The zero-order chi connectivity index (χ0) is 29.5. The fourth-order valence-corrected chi connectivity index (χ4v) is 7.61. The van der Waals surface area contributed by atoms with Gasteiger partial charge in [0.2, 0.25) is 15.9 Å². The van der Waals surface area contributed by atoms with Crippen molar-refractivity contribution in [1.29, 1.82) is 0 Å². The molecule has 4 aromatic rings. The number of rotatable bonds is 12. The van der Waals surface area contributed by atoms with E-state index in [0.29, 0.717) is 23.5 Å². The summed E-state index contributed by atoms with van der Waals surface area (Å²) in [5.41, 5.74) is 1.98. The van der Waals surface area contributed by atoms with E-state index >= 15 is 0 Å². The van der Waals surface area contributed by atoms with Crippen LogP contribution in [0.1, 0.15) is 43.4 Å². The summed E-state index contributed by atoms with van der Waals surface area (Å²) in [4.78, 5) is 16.3. The van der Waals surface area contributed by atoms with Crippen LogP contribution in [0, 0.1) is 0 Å². The van der Waals surface area contributed by atoms with E-state index in [0.717, 1.165) is 48.7 Å². The number of methoxy groups -OCH3 is 1. The molecular formula is C33H38ClN3O4S. The van der Waals surface area contributed by atoms with E-state index in [9.17, 15) is 13.2 Å². The largest absolute Gasteiger partial charge is 0.383 e. The lowest BCUT2D eigenvalue weighted by Gasteiger charge is -2.36. The van der Waals surface area contributed by atoms with E-state index in [1.807, 2.05) is 71.8 Å². The maximum Gasteiger partial charge on any atom is 0.244 e. The second kappa shape index (κ2) is 13.9. The number of nitrogens with zero attached hydrogens (tertiary/aromatic N) is 3. The summed E-state index contributed by atoms with van der Waals surface area (Å²) in [5, 5.41) is 2.17. The van der Waals surface area contributed by atoms with Crippen molar-refractivity contribution >= 4 is 38.3 Å². The Morgan fingerprint density at radius 1 is 0.952 bits per heavy atom. The third-order valence-electron chi connectivity index (χ3n) is 8.11. The van der Waals surface area contributed by atoms with Gasteiger partial charge < -0.3 is 14.2 Å². The number of aromatic nitrogens is 1. The number of sulfonamides is 1. The minimum atomic E-state index is -3.99. The van der Waals surface area contributed by atoms with Crippen LogP contribution in [0.5, 0.6) is 0 Å². The highest BCUT2D eigenvalue weighted by Gasteiger charge is 2.32. The fourth-order valence-electron chi connectivity index (χ4n) is 5.82. The molecule has 0 atom stereocenters. The van der Waals surface area contributed by atoms with Gasteiger partial charge in [-0.25, -0.2) is 8.42 Å². The molecule has 0 aliphatic heterocycles. The highest BCUT2D eigenvalue weighted by atomic mass is 35.5. The van der Waals surface area contributed by atoms with Crippen molar-refractivity contribution in [3.63, 3.8) is 0 Å². The number of fused-ring (bicyclic) bond motifs is 1. The Hall–Kier alpha value is -3.17. The molecule has 222 valence electrons. The molecule has 0 unspecified atom stereocenters. The van der Waals surface area contributed by atoms with Gasteiger partial charge >= 0.3 is 0 Å². The van der Waals surface area contributed by atoms with Crippen LogP contribution < -0.4 is 0 Å². The highest BCUT2D eigenvalue weighted by Crippen LogP contribution is 2.28. The predicted molar refractivity (Wildman–Crippen MR) is 167 cm³/mol. The number of hydrogen-bond acceptors (Lipinski definition) is 4. The molecule has 1 aliphatic carbocycles. The van der Waals surface area contributed by atoms with Crippen LogP contribution in [-0.4, -0.2) is 60.9 Å². The maximum absolute atomic E-state index is 14.2. The summed E-state index contributed by atoms with van der Waals surface area (Å²) in [6.07, 6.45) is 7.07. The molecule has 0 radical (unpaired) electrons. The first-order valence-corrected chi connectivity index (χ1v) is 16.3. The smallest absolute Gasteiger partial charge is 0.244 e. The predicted octanol–water partition coefficient (Wildman–Crippen LogP) is 6.34. The SMILES string of the molecule is COCCN(CC(=O)N(Cc1cccn1Cc1ccccc1Cl)C1CCCCC1)S(=O)(=O)c1cccc2ccccc12. The lowest BCUT2D eigenvalue weighted by molar-refractivity contribution is -0.135. The second-order valence-corrected chi connectivity index (χ2v) is 13.2. The van der Waals surface area contributed by atoms with E-state index in [4.69, 9.17) is 16.3 Å². The standard InChI is InChI=1S/C33H38ClN3O4S/c1-41-22-21-36(42(39,40)32-19-9-13-26-11-5-7-17-30(26)32)25-33(38)37(28-14-3-2-4-15-28)24-29-16-10-20-35(29)23-27-12-6-8-18-31(27)34/h5-13,16-20,28H,2-4,14-15,21-25H2,1H3. The first-order chi connectivity index (χ1) is 20.4. The van der Waals surface area contributed by atoms with Crippen LogP contribution in [0.25, 0.3) is 10.8 Å². The normalized spacial score (nSPS) is 14.5. The third-order valence-corrected chi connectivity index (χ3v) is 10.4. The average molecular weight is 608 g/mol. The fraction of sp³-hybridized carbons (Fsp3) is 0.364.